The van der Waals surface area contributed by atoms with Gasteiger partial charge in [-0.25, -0.2) is 4.79 Å². The van der Waals surface area contributed by atoms with Gasteiger partial charge in [-0.15, -0.1) is 0 Å². The molecular weight excluding hydrogens is 274 g/mol. The van der Waals surface area contributed by atoms with E-state index in [2.05, 4.69) is 13.0 Å². The van der Waals surface area contributed by atoms with Gasteiger partial charge in [-0.1, -0.05) is 51.9 Å². The van der Waals surface area contributed by atoms with Crippen molar-refractivity contribution >= 4 is 16.7 Å². The lowest BCUT2D eigenvalue weighted by Gasteiger charge is -2.06. The number of aryl methyl sites for hydroxylation is 1. The minimum Gasteiger partial charge on any atom is -0.421 e. The lowest BCUT2D eigenvalue weighted by Crippen LogP contribution is -1.98. The van der Waals surface area contributed by atoms with Crippen LogP contribution in [-0.2, 0) is 6.42 Å². The number of rotatable bonds is 9. The van der Waals surface area contributed by atoms with Gasteiger partial charge in [0.05, 0.1) is 5.69 Å². The van der Waals surface area contributed by atoms with Gasteiger partial charge in [0.1, 0.15) is 0 Å². The molecule has 0 aliphatic carbocycles. The third-order valence-corrected chi connectivity index (χ3v) is 4.13. The van der Waals surface area contributed by atoms with Gasteiger partial charge >= 0.3 is 5.63 Å². The zero-order chi connectivity index (χ0) is 15.8. The van der Waals surface area contributed by atoms with Gasteiger partial charge in [0.2, 0.25) is 0 Å². The maximum atomic E-state index is 11.2. The minimum atomic E-state index is -0.352. The number of unbranched alkanes of at least 4 members (excludes halogenated alkanes) is 7. The van der Waals surface area contributed by atoms with Crippen LogP contribution in [-0.4, -0.2) is 0 Å². The van der Waals surface area contributed by atoms with E-state index in [1.165, 1.54) is 63.0 Å². The summed E-state index contributed by atoms with van der Waals surface area (Å²) >= 11 is 0. The molecule has 0 saturated carbocycles. The largest absolute Gasteiger partial charge is 0.421 e. The second-order valence-corrected chi connectivity index (χ2v) is 6.08. The summed E-state index contributed by atoms with van der Waals surface area (Å²) < 4.78 is 5.16. The van der Waals surface area contributed by atoms with Crippen LogP contribution in [0.1, 0.15) is 63.9 Å². The first-order chi connectivity index (χ1) is 10.7. The van der Waals surface area contributed by atoms with Gasteiger partial charge in [-0.2, -0.15) is 0 Å². The fourth-order valence-corrected chi connectivity index (χ4v) is 2.88. The third kappa shape index (κ3) is 4.90. The molecule has 0 radical (unpaired) electrons. The second-order valence-electron chi connectivity index (χ2n) is 6.08. The van der Waals surface area contributed by atoms with Gasteiger partial charge in [-0.3, -0.25) is 0 Å². The number of hydrogen-bond donors (Lipinski definition) is 1. The van der Waals surface area contributed by atoms with Crippen molar-refractivity contribution in [2.24, 2.45) is 0 Å². The smallest absolute Gasteiger partial charge is 0.336 e. The van der Waals surface area contributed by atoms with E-state index >= 15 is 0 Å². The van der Waals surface area contributed by atoms with E-state index in [0.717, 1.165) is 11.8 Å². The van der Waals surface area contributed by atoms with E-state index in [1.54, 1.807) is 6.07 Å². The van der Waals surface area contributed by atoms with E-state index in [4.69, 9.17) is 10.2 Å². The number of anilines is 1. The highest BCUT2D eigenvalue weighted by Crippen LogP contribution is 2.23. The molecule has 0 spiro atoms. The molecule has 1 aromatic carbocycles. The zero-order valence-electron chi connectivity index (χ0n) is 13.6. The standard InChI is InChI=1S/C19H27NO2/c1-2-3-4-5-6-7-8-9-10-15-13-16-11-12-18(21)22-19(16)17(20)14-15/h11-14H,2-10,20H2,1H3. The highest BCUT2D eigenvalue weighted by atomic mass is 16.4. The lowest BCUT2D eigenvalue weighted by atomic mass is 10.0. The molecule has 0 aliphatic rings. The summed E-state index contributed by atoms with van der Waals surface area (Å²) in [6, 6.07) is 7.25. The van der Waals surface area contributed by atoms with Crippen LogP contribution in [0, 0.1) is 0 Å². The van der Waals surface area contributed by atoms with Crippen molar-refractivity contribution in [2.75, 3.05) is 5.73 Å². The van der Waals surface area contributed by atoms with Crippen molar-refractivity contribution in [1.82, 2.24) is 0 Å². The van der Waals surface area contributed by atoms with Crippen molar-refractivity contribution in [3.05, 3.63) is 40.2 Å². The fourth-order valence-electron chi connectivity index (χ4n) is 2.88. The van der Waals surface area contributed by atoms with Crippen molar-refractivity contribution < 1.29 is 4.42 Å². The molecule has 1 aromatic heterocycles. The molecule has 0 bridgehead atoms. The number of nitrogens with two attached hydrogens (primary N) is 1. The zero-order valence-corrected chi connectivity index (χ0v) is 13.6. The molecule has 0 atom stereocenters. The van der Waals surface area contributed by atoms with Crippen molar-refractivity contribution in [3.63, 3.8) is 0 Å². The van der Waals surface area contributed by atoms with Crippen LogP contribution >= 0.6 is 0 Å². The van der Waals surface area contributed by atoms with Crippen LogP contribution in [0.15, 0.2) is 33.5 Å². The Balaban J connectivity index is 1.80. The first kappa shape index (κ1) is 16.6. The van der Waals surface area contributed by atoms with Gasteiger partial charge in [-0.05, 0) is 36.6 Å². The second kappa shape index (κ2) is 8.62. The Labute approximate surface area is 132 Å². The summed E-state index contributed by atoms with van der Waals surface area (Å²) in [7, 11) is 0. The molecule has 2 rings (SSSR count). The Kier molecular flexibility index (Phi) is 6.50. The molecule has 0 amide bonds. The van der Waals surface area contributed by atoms with E-state index < -0.39 is 0 Å². The Morgan fingerprint density at radius 2 is 1.64 bits per heavy atom. The number of benzene rings is 1. The SMILES string of the molecule is CCCCCCCCCCc1cc(N)c2oc(=O)ccc2c1. The summed E-state index contributed by atoms with van der Waals surface area (Å²) in [6.07, 6.45) is 11.6. The number of fused-ring (bicyclic) bond motifs is 1. The molecule has 0 aliphatic heterocycles. The van der Waals surface area contributed by atoms with Gasteiger partial charge in [0.15, 0.2) is 5.58 Å². The Morgan fingerprint density at radius 3 is 2.36 bits per heavy atom. The normalized spacial score (nSPS) is 11.1. The van der Waals surface area contributed by atoms with E-state index in [-0.39, 0.29) is 5.63 Å². The highest BCUT2D eigenvalue weighted by molar-refractivity contribution is 5.88. The van der Waals surface area contributed by atoms with Crippen LogP contribution in [0.25, 0.3) is 11.0 Å². The number of hydrogen-bond acceptors (Lipinski definition) is 3. The van der Waals surface area contributed by atoms with E-state index in [1.807, 2.05) is 6.07 Å². The maximum absolute atomic E-state index is 11.2. The van der Waals surface area contributed by atoms with Gasteiger partial charge < -0.3 is 10.2 Å². The van der Waals surface area contributed by atoms with Crippen molar-refractivity contribution in [2.45, 2.75) is 64.7 Å². The summed E-state index contributed by atoms with van der Waals surface area (Å²) in [5.41, 5.74) is 7.93. The molecular formula is C19H27NO2. The predicted octanol–water partition coefficient (Wildman–Crippen LogP) is 5.06. The van der Waals surface area contributed by atoms with Crippen LogP contribution in [0.2, 0.25) is 0 Å². The monoisotopic (exact) mass is 301 g/mol. The molecule has 3 heteroatoms. The minimum absolute atomic E-state index is 0.352. The fraction of sp³-hybridized carbons (Fsp3) is 0.526. The first-order valence-corrected chi connectivity index (χ1v) is 8.53. The molecule has 0 saturated heterocycles. The van der Waals surface area contributed by atoms with Gasteiger partial charge in [0.25, 0.3) is 0 Å². The average Bonchev–Trinajstić information content (AvgIpc) is 2.51. The summed E-state index contributed by atoms with van der Waals surface area (Å²) in [5, 5.41) is 0.911. The quantitative estimate of drug-likeness (QED) is 0.400. The Morgan fingerprint density at radius 1 is 0.955 bits per heavy atom. The molecule has 0 fully saturated rings. The van der Waals surface area contributed by atoms with Crippen LogP contribution in [0.4, 0.5) is 5.69 Å². The predicted molar refractivity (Wildman–Crippen MR) is 93.2 cm³/mol. The molecule has 0 unspecified atom stereocenters. The molecule has 1 heterocycles. The third-order valence-electron chi connectivity index (χ3n) is 4.13. The van der Waals surface area contributed by atoms with Crippen LogP contribution in [0.3, 0.4) is 0 Å². The highest BCUT2D eigenvalue weighted by Gasteiger charge is 2.04. The Hall–Kier alpha value is -1.77. The Bertz CT molecular complexity index is 645. The van der Waals surface area contributed by atoms with Crippen molar-refractivity contribution in [3.8, 4) is 0 Å². The van der Waals surface area contributed by atoms with Crippen molar-refractivity contribution in [1.29, 1.82) is 0 Å². The first-order valence-electron chi connectivity index (χ1n) is 8.53. The summed E-state index contributed by atoms with van der Waals surface area (Å²) in [6.45, 7) is 2.25. The van der Waals surface area contributed by atoms with E-state index in [9.17, 15) is 4.79 Å². The average molecular weight is 301 g/mol. The summed E-state index contributed by atoms with van der Waals surface area (Å²) in [5.74, 6) is 0. The maximum Gasteiger partial charge on any atom is 0.336 e. The topological polar surface area (TPSA) is 56.2 Å². The van der Waals surface area contributed by atoms with Gasteiger partial charge in [0, 0.05) is 11.5 Å². The lowest BCUT2D eigenvalue weighted by molar-refractivity contribution is 0.562. The molecule has 3 nitrogen and oxygen atoms in total. The molecule has 120 valence electrons. The molecule has 2 aromatic rings. The number of nitrogen functional groups attached to an aromatic ring is 1. The van der Waals surface area contributed by atoms with E-state index in [0.29, 0.717) is 11.3 Å². The molecule has 2 N–H and O–H groups in total. The van der Waals surface area contributed by atoms with Crippen LogP contribution in [0.5, 0.6) is 0 Å². The van der Waals surface area contributed by atoms with Crippen LogP contribution < -0.4 is 11.4 Å². The summed E-state index contributed by atoms with van der Waals surface area (Å²) in [4.78, 5) is 11.2. The molecule has 22 heavy (non-hydrogen) atoms.